The Bertz CT molecular complexity index is 1300. The minimum absolute atomic E-state index is 0.0838. The lowest BCUT2D eigenvalue weighted by Gasteiger charge is -2.38. The predicted molar refractivity (Wildman–Crippen MR) is 100 cm³/mol. The molecular weight excluding hydrogens is 446 g/mol. The zero-order valence-electron chi connectivity index (χ0n) is 15.9. The lowest BCUT2D eigenvalue weighted by atomic mass is 9.88. The van der Waals surface area contributed by atoms with Crippen molar-refractivity contribution >= 4 is 11.7 Å². The molecule has 0 saturated carbocycles. The monoisotopic (exact) mass is 458 g/mol. The Balaban J connectivity index is 2.18. The maximum Gasteiger partial charge on any atom is 0.427 e. The Hall–Kier alpha value is -3.77. The van der Waals surface area contributed by atoms with Crippen LogP contribution in [0.2, 0.25) is 0 Å². The van der Waals surface area contributed by atoms with Crippen molar-refractivity contribution in [2.24, 2.45) is 4.99 Å². The van der Waals surface area contributed by atoms with E-state index in [0.717, 1.165) is 12.3 Å². The lowest BCUT2D eigenvalue weighted by Crippen LogP contribution is -2.59. The summed E-state index contributed by atoms with van der Waals surface area (Å²) in [6.45, 7) is 1.69. The molecule has 0 amide bonds. The largest absolute Gasteiger partial charge is 0.461 e. The van der Waals surface area contributed by atoms with Crippen molar-refractivity contribution in [2.75, 3.05) is 5.32 Å². The van der Waals surface area contributed by atoms with E-state index in [0.29, 0.717) is 10.1 Å². The molecule has 0 bridgehead atoms. The number of alkyl halides is 6. The van der Waals surface area contributed by atoms with Gasteiger partial charge in [-0.25, -0.2) is 14.4 Å². The Morgan fingerprint density at radius 2 is 1.62 bits per heavy atom. The number of halogens is 6. The number of furan rings is 1. The fourth-order valence-corrected chi connectivity index (χ4v) is 3.40. The Kier molecular flexibility index (Phi) is 4.61. The first kappa shape index (κ1) is 21.5. The SMILES string of the molecule is Cc1ccc(-n2c3c(c(=O)[nH]c2=O)C(C(F)(F)F)(C(F)(F)F)N=C(c2ccco2)N3)cc1. The van der Waals surface area contributed by atoms with Gasteiger partial charge in [-0.1, -0.05) is 17.7 Å². The number of anilines is 1. The van der Waals surface area contributed by atoms with Gasteiger partial charge in [0.25, 0.3) is 11.1 Å². The lowest BCUT2D eigenvalue weighted by molar-refractivity contribution is -0.301. The first-order valence-electron chi connectivity index (χ1n) is 8.88. The quantitative estimate of drug-likeness (QED) is 0.574. The van der Waals surface area contributed by atoms with Crippen LogP contribution >= 0.6 is 0 Å². The van der Waals surface area contributed by atoms with Gasteiger partial charge in [-0.05, 0) is 31.2 Å². The first-order chi connectivity index (χ1) is 14.9. The van der Waals surface area contributed by atoms with Crippen LogP contribution in [-0.2, 0) is 5.54 Å². The topological polar surface area (TPSA) is 92.4 Å². The molecule has 4 rings (SSSR count). The molecule has 0 atom stereocenters. The minimum Gasteiger partial charge on any atom is -0.461 e. The molecule has 0 aliphatic carbocycles. The van der Waals surface area contributed by atoms with E-state index in [-0.39, 0.29) is 5.69 Å². The zero-order chi connectivity index (χ0) is 23.5. The number of nitrogens with one attached hydrogen (secondary N) is 2. The van der Waals surface area contributed by atoms with E-state index in [1.807, 2.05) is 0 Å². The van der Waals surface area contributed by atoms with Gasteiger partial charge in [0.2, 0.25) is 0 Å². The third kappa shape index (κ3) is 3.03. The Morgan fingerprint density at radius 1 is 1.00 bits per heavy atom. The minimum atomic E-state index is -6.09. The molecule has 1 aliphatic rings. The number of aliphatic imine (C=N–C) groups is 1. The number of fused-ring (bicyclic) bond motifs is 1. The van der Waals surface area contributed by atoms with Gasteiger partial charge in [0, 0.05) is 0 Å². The van der Waals surface area contributed by atoms with E-state index in [1.54, 1.807) is 11.9 Å². The number of hydrogen-bond donors (Lipinski definition) is 2. The molecule has 0 unspecified atom stereocenters. The fraction of sp³-hybridized carbons (Fsp3) is 0.211. The number of rotatable bonds is 2. The second-order valence-corrected chi connectivity index (χ2v) is 6.92. The van der Waals surface area contributed by atoms with Crippen molar-refractivity contribution in [3.63, 3.8) is 0 Å². The van der Waals surface area contributed by atoms with E-state index >= 15 is 0 Å². The Labute approximate surface area is 174 Å². The number of hydrogen-bond acceptors (Lipinski definition) is 5. The van der Waals surface area contributed by atoms with Crippen molar-refractivity contribution in [1.82, 2.24) is 9.55 Å². The highest BCUT2D eigenvalue weighted by molar-refractivity contribution is 6.08. The second kappa shape index (κ2) is 6.87. The summed E-state index contributed by atoms with van der Waals surface area (Å²) in [6, 6.07) is 7.89. The highest BCUT2D eigenvalue weighted by Crippen LogP contribution is 2.55. The van der Waals surface area contributed by atoms with Gasteiger partial charge in [0.05, 0.1) is 12.0 Å². The summed E-state index contributed by atoms with van der Waals surface area (Å²) in [5.41, 5.74) is -9.27. The summed E-state index contributed by atoms with van der Waals surface area (Å²) in [6.07, 6.45) is -11.2. The molecule has 0 radical (unpaired) electrons. The van der Waals surface area contributed by atoms with Crippen LogP contribution in [0.25, 0.3) is 5.69 Å². The van der Waals surface area contributed by atoms with E-state index in [9.17, 15) is 35.9 Å². The van der Waals surface area contributed by atoms with Gasteiger partial charge in [0.15, 0.2) is 11.6 Å². The predicted octanol–water partition coefficient (Wildman–Crippen LogP) is 3.62. The number of aromatic amines is 1. The molecular formula is C19H12F6N4O3. The normalized spacial score (nSPS) is 15.7. The van der Waals surface area contributed by atoms with Gasteiger partial charge in [0.1, 0.15) is 11.4 Å². The number of aromatic nitrogens is 2. The molecule has 32 heavy (non-hydrogen) atoms. The third-order valence-electron chi connectivity index (χ3n) is 4.86. The third-order valence-corrected chi connectivity index (χ3v) is 4.86. The van der Waals surface area contributed by atoms with Crippen molar-refractivity contribution in [1.29, 1.82) is 0 Å². The summed E-state index contributed by atoms with van der Waals surface area (Å²) < 4.78 is 90.2. The van der Waals surface area contributed by atoms with Crippen molar-refractivity contribution in [2.45, 2.75) is 24.8 Å². The molecule has 3 aromatic rings. The van der Waals surface area contributed by atoms with Crippen LogP contribution in [0.15, 0.2) is 61.7 Å². The van der Waals surface area contributed by atoms with E-state index < -0.39 is 52.1 Å². The van der Waals surface area contributed by atoms with Crippen molar-refractivity contribution < 1.29 is 30.8 Å². The first-order valence-corrected chi connectivity index (χ1v) is 8.88. The number of aryl methyl sites for hydroxylation is 1. The highest BCUT2D eigenvalue weighted by atomic mass is 19.4. The summed E-state index contributed by atoms with van der Waals surface area (Å²) in [7, 11) is 0. The van der Waals surface area contributed by atoms with E-state index in [1.165, 1.54) is 30.3 Å². The molecule has 3 heterocycles. The van der Waals surface area contributed by atoms with Gasteiger partial charge in [-0.2, -0.15) is 26.3 Å². The highest BCUT2D eigenvalue weighted by Gasteiger charge is 2.75. The fourth-order valence-electron chi connectivity index (χ4n) is 3.40. The summed E-state index contributed by atoms with van der Waals surface area (Å²) in [5, 5.41) is 2.26. The standard InChI is InChI=1S/C19H12F6N4O3/c1-9-4-6-10(7-5-9)29-14-12(15(30)27-16(29)31)17(18(20,21)22,19(23,24)25)28-13(26-14)11-3-2-8-32-11/h2-8H,1H3,(H,26,28)(H,27,30,31). The van der Waals surface area contributed by atoms with Crippen LogP contribution < -0.4 is 16.6 Å². The average Bonchev–Trinajstić information content (AvgIpc) is 3.21. The molecule has 0 spiro atoms. The van der Waals surface area contributed by atoms with Crippen molar-refractivity contribution in [3.05, 3.63) is 80.4 Å². The summed E-state index contributed by atoms with van der Waals surface area (Å²) in [5.74, 6) is -2.45. The molecule has 2 N–H and O–H groups in total. The van der Waals surface area contributed by atoms with E-state index in [2.05, 4.69) is 10.3 Å². The van der Waals surface area contributed by atoms with Gasteiger partial charge in [-0.15, -0.1) is 0 Å². The van der Waals surface area contributed by atoms with Crippen LogP contribution in [-0.4, -0.2) is 27.7 Å². The van der Waals surface area contributed by atoms with Crippen molar-refractivity contribution in [3.8, 4) is 5.69 Å². The van der Waals surface area contributed by atoms with Crippen LogP contribution in [0.5, 0.6) is 0 Å². The maximum absolute atomic E-state index is 14.1. The number of H-pyrrole nitrogens is 1. The molecule has 0 fully saturated rings. The van der Waals surface area contributed by atoms with Crippen LogP contribution in [0, 0.1) is 6.92 Å². The number of benzene rings is 1. The summed E-state index contributed by atoms with van der Waals surface area (Å²) >= 11 is 0. The van der Waals surface area contributed by atoms with Gasteiger partial charge in [-0.3, -0.25) is 9.78 Å². The molecule has 7 nitrogen and oxygen atoms in total. The Morgan fingerprint density at radius 3 is 2.16 bits per heavy atom. The molecule has 0 saturated heterocycles. The van der Waals surface area contributed by atoms with Crippen LogP contribution in [0.1, 0.15) is 16.9 Å². The maximum atomic E-state index is 14.1. The van der Waals surface area contributed by atoms with Gasteiger partial charge >= 0.3 is 18.0 Å². The second-order valence-electron chi connectivity index (χ2n) is 6.92. The molecule has 1 aliphatic heterocycles. The zero-order valence-corrected chi connectivity index (χ0v) is 15.9. The van der Waals surface area contributed by atoms with E-state index in [4.69, 9.17) is 4.42 Å². The molecule has 2 aromatic heterocycles. The summed E-state index contributed by atoms with van der Waals surface area (Å²) in [4.78, 5) is 29.4. The van der Waals surface area contributed by atoms with Crippen LogP contribution in [0.4, 0.5) is 32.2 Å². The number of nitrogens with zero attached hydrogens (tertiary/aromatic N) is 2. The molecule has 168 valence electrons. The smallest absolute Gasteiger partial charge is 0.427 e. The van der Waals surface area contributed by atoms with Gasteiger partial charge < -0.3 is 9.73 Å². The number of amidine groups is 1. The van der Waals surface area contributed by atoms with Crippen LogP contribution in [0.3, 0.4) is 0 Å². The average molecular weight is 458 g/mol. The molecule has 1 aromatic carbocycles. The molecule has 13 heteroatoms.